The van der Waals surface area contributed by atoms with Crippen molar-refractivity contribution >= 4 is 17.6 Å². The number of anilines is 1. The van der Waals surface area contributed by atoms with Crippen LogP contribution in [0.2, 0.25) is 0 Å². The molecule has 0 heterocycles. The molecule has 1 aliphatic rings. The van der Waals surface area contributed by atoms with Crippen molar-refractivity contribution in [3.63, 3.8) is 0 Å². The van der Waals surface area contributed by atoms with E-state index in [2.05, 4.69) is 0 Å². The molecule has 0 aromatic heterocycles. The molecular weight excluding hydrogens is 268 g/mol. The predicted molar refractivity (Wildman–Crippen MR) is 81.1 cm³/mol. The summed E-state index contributed by atoms with van der Waals surface area (Å²) in [6.07, 6.45) is 2.39. The number of carboxylic acids is 1. The first-order chi connectivity index (χ1) is 9.99. The highest BCUT2D eigenvalue weighted by Crippen LogP contribution is 2.33. The van der Waals surface area contributed by atoms with E-state index in [0.29, 0.717) is 5.92 Å². The molecule has 1 fully saturated rings. The van der Waals surface area contributed by atoms with Crippen molar-refractivity contribution < 1.29 is 14.7 Å². The summed E-state index contributed by atoms with van der Waals surface area (Å²) in [5.41, 5.74) is 7.75. The number of aryl methyl sites for hydroxylation is 1. The maximum atomic E-state index is 12.5. The predicted octanol–water partition coefficient (Wildman–Crippen LogP) is 1.93. The third kappa shape index (κ3) is 4.29. The van der Waals surface area contributed by atoms with E-state index in [1.165, 1.54) is 0 Å². The molecular formula is C16H22N2O3. The van der Waals surface area contributed by atoms with Gasteiger partial charge in [0, 0.05) is 24.7 Å². The third-order valence-electron chi connectivity index (χ3n) is 3.89. The number of hydrogen-bond donors (Lipinski definition) is 2. The summed E-state index contributed by atoms with van der Waals surface area (Å²) in [6, 6.07) is 7.39. The minimum Gasteiger partial charge on any atom is -0.481 e. The van der Waals surface area contributed by atoms with Crippen molar-refractivity contribution in [2.24, 2.45) is 11.7 Å². The molecule has 1 amide bonds. The molecule has 0 aliphatic heterocycles. The van der Waals surface area contributed by atoms with Crippen LogP contribution in [0.1, 0.15) is 31.2 Å². The second-order valence-electron chi connectivity index (χ2n) is 5.68. The number of rotatable bonds is 7. The number of amides is 1. The molecule has 3 N–H and O–H groups in total. The lowest BCUT2D eigenvalue weighted by Crippen LogP contribution is -2.38. The van der Waals surface area contributed by atoms with Crippen LogP contribution in [0.3, 0.4) is 0 Å². The van der Waals surface area contributed by atoms with Crippen LogP contribution in [-0.2, 0) is 9.59 Å². The maximum absolute atomic E-state index is 12.5. The fraction of sp³-hybridized carbons (Fsp3) is 0.500. The number of benzene rings is 1. The van der Waals surface area contributed by atoms with Gasteiger partial charge in [0.25, 0.3) is 0 Å². The second kappa shape index (κ2) is 6.72. The van der Waals surface area contributed by atoms with Crippen LogP contribution in [0.25, 0.3) is 0 Å². The highest BCUT2D eigenvalue weighted by molar-refractivity contribution is 5.95. The van der Waals surface area contributed by atoms with Gasteiger partial charge in [-0.15, -0.1) is 0 Å². The fourth-order valence-electron chi connectivity index (χ4n) is 2.46. The van der Waals surface area contributed by atoms with Gasteiger partial charge < -0.3 is 15.7 Å². The van der Waals surface area contributed by atoms with Crippen molar-refractivity contribution in [2.75, 3.05) is 11.4 Å². The number of carbonyl (C=O) groups excluding carboxylic acids is 1. The molecule has 1 aromatic carbocycles. The Morgan fingerprint density at radius 1 is 1.38 bits per heavy atom. The summed E-state index contributed by atoms with van der Waals surface area (Å²) in [5.74, 6) is -0.551. The van der Waals surface area contributed by atoms with Gasteiger partial charge in [0.2, 0.25) is 5.91 Å². The van der Waals surface area contributed by atoms with Crippen LogP contribution in [0.5, 0.6) is 0 Å². The molecule has 1 unspecified atom stereocenters. The van der Waals surface area contributed by atoms with Gasteiger partial charge in [0.1, 0.15) is 0 Å². The van der Waals surface area contributed by atoms with Gasteiger partial charge in [0.15, 0.2) is 0 Å². The summed E-state index contributed by atoms with van der Waals surface area (Å²) in [4.78, 5) is 24.9. The lowest BCUT2D eigenvalue weighted by Gasteiger charge is -2.25. The highest BCUT2D eigenvalue weighted by atomic mass is 16.4. The van der Waals surface area contributed by atoms with Crippen molar-refractivity contribution in [1.82, 2.24) is 0 Å². The van der Waals surface area contributed by atoms with Crippen LogP contribution in [0, 0.1) is 12.8 Å². The lowest BCUT2D eigenvalue weighted by molar-refractivity contribution is -0.136. The summed E-state index contributed by atoms with van der Waals surface area (Å²) < 4.78 is 0. The van der Waals surface area contributed by atoms with Gasteiger partial charge >= 0.3 is 5.97 Å². The molecule has 21 heavy (non-hydrogen) atoms. The van der Waals surface area contributed by atoms with Gasteiger partial charge in [0.05, 0.1) is 6.42 Å². The van der Waals surface area contributed by atoms with E-state index < -0.39 is 5.97 Å². The van der Waals surface area contributed by atoms with Crippen molar-refractivity contribution in [1.29, 1.82) is 0 Å². The van der Waals surface area contributed by atoms with Crippen LogP contribution in [-0.4, -0.2) is 29.6 Å². The van der Waals surface area contributed by atoms with E-state index in [1.807, 2.05) is 31.2 Å². The Morgan fingerprint density at radius 3 is 2.62 bits per heavy atom. The second-order valence-corrected chi connectivity index (χ2v) is 5.68. The first kappa shape index (κ1) is 15.5. The van der Waals surface area contributed by atoms with Gasteiger partial charge in [-0.3, -0.25) is 9.59 Å². The minimum absolute atomic E-state index is 0.0707. The zero-order valence-corrected chi connectivity index (χ0v) is 12.3. The molecule has 1 atom stereocenters. The molecule has 2 rings (SSSR count). The minimum atomic E-state index is -0.909. The number of aliphatic carboxylic acids is 1. The van der Waals surface area contributed by atoms with Crippen LogP contribution in [0.4, 0.5) is 5.69 Å². The standard InChI is InChI=1S/C16H22N2O3/c1-11-4-2-3-5-14(11)18(9-8-16(20)21)15(19)10-13(17)12-6-7-12/h2-5,12-13H,6-10,17H2,1H3,(H,20,21). The van der Waals surface area contributed by atoms with Gasteiger partial charge in [-0.25, -0.2) is 0 Å². The Bertz CT molecular complexity index is 526. The molecule has 0 spiro atoms. The number of hydrogen-bond acceptors (Lipinski definition) is 3. The van der Waals surface area contributed by atoms with Crippen molar-refractivity contribution in [3.8, 4) is 0 Å². The average Bonchev–Trinajstić information content (AvgIpc) is 3.25. The quantitative estimate of drug-likeness (QED) is 0.803. The fourth-order valence-corrected chi connectivity index (χ4v) is 2.46. The van der Waals surface area contributed by atoms with E-state index in [0.717, 1.165) is 24.1 Å². The Labute approximate surface area is 124 Å². The molecule has 0 saturated heterocycles. The Hall–Kier alpha value is -1.88. The summed E-state index contributed by atoms with van der Waals surface area (Å²) in [6.45, 7) is 2.09. The topological polar surface area (TPSA) is 83.6 Å². The maximum Gasteiger partial charge on any atom is 0.305 e. The zero-order chi connectivity index (χ0) is 15.4. The number of carboxylic acid groups (broad SMARTS) is 1. The number of nitrogens with two attached hydrogens (primary N) is 1. The Morgan fingerprint density at radius 2 is 2.05 bits per heavy atom. The molecule has 0 bridgehead atoms. The molecule has 1 saturated carbocycles. The van der Waals surface area contributed by atoms with E-state index in [1.54, 1.807) is 4.90 Å². The summed E-state index contributed by atoms with van der Waals surface area (Å²) in [5, 5.41) is 8.88. The van der Waals surface area contributed by atoms with Crippen LogP contribution >= 0.6 is 0 Å². The van der Waals surface area contributed by atoms with Crippen LogP contribution < -0.4 is 10.6 Å². The monoisotopic (exact) mass is 290 g/mol. The third-order valence-corrected chi connectivity index (χ3v) is 3.89. The van der Waals surface area contributed by atoms with Crippen LogP contribution in [0.15, 0.2) is 24.3 Å². The highest BCUT2D eigenvalue weighted by Gasteiger charge is 2.31. The lowest BCUT2D eigenvalue weighted by atomic mass is 10.1. The van der Waals surface area contributed by atoms with Crippen molar-refractivity contribution in [3.05, 3.63) is 29.8 Å². The first-order valence-corrected chi connectivity index (χ1v) is 7.32. The number of carbonyl (C=O) groups is 2. The van der Waals surface area contributed by atoms with E-state index >= 15 is 0 Å². The number of para-hydroxylation sites is 1. The van der Waals surface area contributed by atoms with E-state index in [9.17, 15) is 9.59 Å². The molecule has 114 valence electrons. The van der Waals surface area contributed by atoms with E-state index in [-0.39, 0.29) is 31.3 Å². The Balaban J connectivity index is 2.12. The molecule has 1 aromatic rings. The molecule has 5 heteroatoms. The SMILES string of the molecule is Cc1ccccc1N(CCC(=O)O)C(=O)CC(N)C1CC1. The van der Waals surface area contributed by atoms with Gasteiger partial charge in [-0.05, 0) is 37.3 Å². The van der Waals surface area contributed by atoms with E-state index in [4.69, 9.17) is 10.8 Å². The number of nitrogens with zero attached hydrogens (tertiary/aromatic N) is 1. The molecule has 0 radical (unpaired) electrons. The molecule has 1 aliphatic carbocycles. The van der Waals surface area contributed by atoms with Gasteiger partial charge in [-0.1, -0.05) is 18.2 Å². The summed E-state index contributed by atoms with van der Waals surface area (Å²) >= 11 is 0. The molecule has 5 nitrogen and oxygen atoms in total. The smallest absolute Gasteiger partial charge is 0.305 e. The van der Waals surface area contributed by atoms with Crippen molar-refractivity contribution in [2.45, 2.75) is 38.6 Å². The first-order valence-electron chi connectivity index (χ1n) is 7.32. The summed E-state index contributed by atoms with van der Waals surface area (Å²) in [7, 11) is 0. The normalized spacial score (nSPS) is 15.5. The largest absolute Gasteiger partial charge is 0.481 e. The average molecular weight is 290 g/mol. The van der Waals surface area contributed by atoms with Gasteiger partial charge in [-0.2, -0.15) is 0 Å². The zero-order valence-electron chi connectivity index (χ0n) is 12.3. The Kier molecular flexibility index (Phi) is 4.96.